The van der Waals surface area contributed by atoms with Crippen LogP contribution in [-0.4, -0.2) is 35.9 Å². The van der Waals surface area contributed by atoms with Crippen molar-refractivity contribution in [2.24, 2.45) is 0 Å². The lowest BCUT2D eigenvalue weighted by molar-refractivity contribution is -0.214. The molecule has 0 atom stereocenters. The molecule has 0 aliphatic heterocycles. The Morgan fingerprint density at radius 1 is 1.05 bits per heavy atom. The Hall–Kier alpha value is -0.560. The van der Waals surface area contributed by atoms with E-state index in [2.05, 4.69) is 31.9 Å². The quantitative estimate of drug-likeness (QED) is 0.314. The third-order valence-electron chi connectivity index (χ3n) is 3.10. The smallest absolute Gasteiger partial charge is 0.238 e. The highest BCUT2D eigenvalue weighted by atomic mass is 79.9. The molecule has 1 aromatic rings. The Bertz CT molecular complexity index is 493. The highest BCUT2D eigenvalue weighted by Gasteiger charge is 2.38. The van der Waals surface area contributed by atoms with Gasteiger partial charge in [-0.1, -0.05) is 44.0 Å². The standard InChI is InChI=1S/C16H20Br2O4/c1-3-21-16(11-17,22-4-2)15(20)10-9-14(19)12-5-7-13(18)8-6-12/h5-8H,3-4,9-11H2,1-2H3. The fourth-order valence-corrected chi connectivity index (χ4v) is 2.92. The lowest BCUT2D eigenvalue weighted by atomic mass is 10.0. The van der Waals surface area contributed by atoms with E-state index in [1.807, 2.05) is 0 Å². The summed E-state index contributed by atoms with van der Waals surface area (Å²) in [6.07, 6.45) is 0.218. The van der Waals surface area contributed by atoms with Gasteiger partial charge in [0, 0.05) is 36.1 Å². The second kappa shape index (κ2) is 9.55. The van der Waals surface area contributed by atoms with Crippen LogP contribution in [0.5, 0.6) is 0 Å². The van der Waals surface area contributed by atoms with Crippen molar-refractivity contribution in [1.82, 2.24) is 0 Å². The molecule has 0 heterocycles. The molecule has 0 bridgehead atoms. The number of alkyl halides is 1. The molecular formula is C16H20Br2O4. The van der Waals surface area contributed by atoms with E-state index in [1.165, 1.54) is 0 Å². The highest BCUT2D eigenvalue weighted by molar-refractivity contribution is 9.10. The number of carbonyl (C=O) groups is 2. The van der Waals surface area contributed by atoms with Gasteiger partial charge in [0.2, 0.25) is 5.79 Å². The van der Waals surface area contributed by atoms with E-state index in [0.717, 1.165) is 4.47 Å². The minimum absolute atomic E-state index is 0.0719. The first-order chi connectivity index (χ1) is 10.5. The Labute approximate surface area is 147 Å². The van der Waals surface area contributed by atoms with Crippen molar-refractivity contribution in [2.45, 2.75) is 32.5 Å². The van der Waals surface area contributed by atoms with Gasteiger partial charge in [-0.3, -0.25) is 9.59 Å². The molecule has 6 heteroatoms. The monoisotopic (exact) mass is 434 g/mol. The zero-order chi connectivity index (χ0) is 16.6. The Balaban J connectivity index is 2.69. The Kier molecular flexibility index (Phi) is 8.46. The van der Waals surface area contributed by atoms with Crippen LogP contribution < -0.4 is 0 Å². The van der Waals surface area contributed by atoms with Crippen LogP contribution in [0.3, 0.4) is 0 Å². The van der Waals surface area contributed by atoms with Crippen LogP contribution in [-0.2, 0) is 14.3 Å². The van der Waals surface area contributed by atoms with Crippen LogP contribution in [0.25, 0.3) is 0 Å². The van der Waals surface area contributed by atoms with E-state index in [0.29, 0.717) is 18.8 Å². The number of ether oxygens (including phenoxy) is 2. The Morgan fingerprint density at radius 3 is 2.05 bits per heavy atom. The first-order valence-electron chi connectivity index (χ1n) is 7.15. The van der Waals surface area contributed by atoms with Crippen molar-refractivity contribution in [3.05, 3.63) is 34.3 Å². The van der Waals surface area contributed by atoms with Gasteiger partial charge in [-0.05, 0) is 26.0 Å². The molecule has 0 saturated heterocycles. The molecule has 0 fully saturated rings. The first kappa shape index (κ1) is 19.5. The van der Waals surface area contributed by atoms with Crippen LogP contribution in [0.4, 0.5) is 0 Å². The van der Waals surface area contributed by atoms with E-state index in [-0.39, 0.29) is 29.7 Å². The van der Waals surface area contributed by atoms with Crippen molar-refractivity contribution < 1.29 is 19.1 Å². The molecule has 0 aromatic heterocycles. The molecule has 0 aliphatic rings. The highest BCUT2D eigenvalue weighted by Crippen LogP contribution is 2.22. The third kappa shape index (κ3) is 5.26. The maximum atomic E-state index is 12.4. The number of hydrogen-bond acceptors (Lipinski definition) is 4. The van der Waals surface area contributed by atoms with Crippen molar-refractivity contribution in [3.8, 4) is 0 Å². The number of Topliss-reactive ketones (excluding diaryl/α,β-unsaturated/α-hetero) is 2. The maximum Gasteiger partial charge on any atom is 0.238 e. The largest absolute Gasteiger partial charge is 0.343 e. The second-order valence-corrected chi connectivity index (χ2v) is 6.08. The Morgan fingerprint density at radius 2 is 1.59 bits per heavy atom. The predicted molar refractivity (Wildman–Crippen MR) is 92.5 cm³/mol. The molecule has 0 amide bonds. The number of benzene rings is 1. The van der Waals surface area contributed by atoms with Crippen LogP contribution in [0.2, 0.25) is 0 Å². The van der Waals surface area contributed by atoms with Crippen LogP contribution in [0.1, 0.15) is 37.0 Å². The average Bonchev–Trinajstić information content (AvgIpc) is 2.52. The van der Waals surface area contributed by atoms with Crippen LogP contribution in [0.15, 0.2) is 28.7 Å². The fourth-order valence-electron chi connectivity index (χ4n) is 2.02. The van der Waals surface area contributed by atoms with Crippen molar-refractivity contribution in [2.75, 3.05) is 18.5 Å². The predicted octanol–water partition coefficient (Wildman–Crippen LogP) is 4.15. The topological polar surface area (TPSA) is 52.6 Å². The molecule has 0 spiro atoms. The zero-order valence-corrected chi connectivity index (χ0v) is 15.9. The number of halogens is 2. The summed E-state index contributed by atoms with van der Waals surface area (Å²) in [5, 5.41) is 0.243. The molecular weight excluding hydrogens is 416 g/mol. The lowest BCUT2D eigenvalue weighted by Gasteiger charge is -2.29. The molecule has 122 valence electrons. The van der Waals surface area contributed by atoms with Crippen molar-refractivity contribution >= 4 is 43.4 Å². The third-order valence-corrected chi connectivity index (χ3v) is 4.37. The zero-order valence-electron chi connectivity index (χ0n) is 12.7. The SMILES string of the molecule is CCOC(CBr)(OCC)C(=O)CCC(=O)c1ccc(Br)cc1. The summed E-state index contributed by atoms with van der Waals surface area (Å²) >= 11 is 6.60. The summed E-state index contributed by atoms with van der Waals surface area (Å²) in [6.45, 7) is 4.32. The van der Waals surface area contributed by atoms with E-state index in [4.69, 9.17) is 9.47 Å². The molecule has 4 nitrogen and oxygen atoms in total. The molecule has 0 saturated carbocycles. The van der Waals surface area contributed by atoms with Gasteiger partial charge in [0.25, 0.3) is 0 Å². The van der Waals surface area contributed by atoms with Gasteiger partial charge >= 0.3 is 0 Å². The molecule has 1 aromatic carbocycles. The summed E-state index contributed by atoms with van der Waals surface area (Å²) in [5.41, 5.74) is 0.591. The van der Waals surface area contributed by atoms with Crippen molar-refractivity contribution in [3.63, 3.8) is 0 Å². The molecule has 0 N–H and O–H groups in total. The second-order valence-electron chi connectivity index (χ2n) is 4.61. The normalized spacial score (nSPS) is 11.5. The van der Waals surface area contributed by atoms with Crippen LogP contribution in [0, 0.1) is 0 Å². The van der Waals surface area contributed by atoms with Gasteiger partial charge in [-0.15, -0.1) is 0 Å². The van der Waals surface area contributed by atoms with Gasteiger partial charge in [0.15, 0.2) is 11.6 Å². The number of ketones is 2. The number of carbonyl (C=O) groups excluding carboxylic acids is 2. The fraction of sp³-hybridized carbons (Fsp3) is 0.500. The lowest BCUT2D eigenvalue weighted by Crippen LogP contribution is -2.46. The van der Waals surface area contributed by atoms with Crippen LogP contribution >= 0.6 is 31.9 Å². The molecule has 1 rings (SSSR count). The van der Waals surface area contributed by atoms with Gasteiger partial charge < -0.3 is 9.47 Å². The average molecular weight is 436 g/mol. The van der Waals surface area contributed by atoms with Gasteiger partial charge in [0.05, 0.1) is 5.33 Å². The van der Waals surface area contributed by atoms with Gasteiger partial charge in [-0.2, -0.15) is 0 Å². The minimum Gasteiger partial charge on any atom is -0.343 e. The summed E-state index contributed by atoms with van der Waals surface area (Å²) in [7, 11) is 0. The number of hydrogen-bond donors (Lipinski definition) is 0. The molecule has 0 aliphatic carbocycles. The molecule has 0 radical (unpaired) electrons. The molecule has 0 unspecified atom stereocenters. The minimum atomic E-state index is -1.30. The van der Waals surface area contributed by atoms with E-state index in [9.17, 15) is 9.59 Å². The molecule has 22 heavy (non-hydrogen) atoms. The van der Waals surface area contributed by atoms with E-state index in [1.54, 1.807) is 38.1 Å². The summed E-state index contributed by atoms with van der Waals surface area (Å²) in [5.74, 6) is -1.60. The summed E-state index contributed by atoms with van der Waals surface area (Å²) in [4.78, 5) is 24.6. The van der Waals surface area contributed by atoms with Gasteiger partial charge in [-0.25, -0.2) is 0 Å². The van der Waals surface area contributed by atoms with Crippen molar-refractivity contribution in [1.29, 1.82) is 0 Å². The van der Waals surface area contributed by atoms with E-state index < -0.39 is 5.79 Å². The summed E-state index contributed by atoms with van der Waals surface area (Å²) in [6, 6.07) is 7.08. The summed E-state index contributed by atoms with van der Waals surface area (Å²) < 4.78 is 11.9. The van der Waals surface area contributed by atoms with E-state index >= 15 is 0 Å². The first-order valence-corrected chi connectivity index (χ1v) is 9.06. The number of rotatable bonds is 10. The maximum absolute atomic E-state index is 12.4. The van der Waals surface area contributed by atoms with Gasteiger partial charge in [0.1, 0.15) is 0 Å².